The first-order valence-corrected chi connectivity index (χ1v) is 10.00. The third-order valence-corrected chi connectivity index (χ3v) is 5.33. The van der Waals surface area contributed by atoms with Crippen LogP contribution < -0.4 is 4.72 Å². The van der Waals surface area contributed by atoms with Crippen LogP contribution in [0.15, 0.2) is 34.3 Å². The Kier molecular flexibility index (Phi) is 4.65. The monoisotopic (exact) mass is 404 g/mol. The molecule has 1 N–H and O–H groups in total. The number of hydrogen-bond donors (Lipinski definition) is 1. The van der Waals surface area contributed by atoms with Crippen LogP contribution in [-0.4, -0.2) is 25.6 Å². The van der Waals surface area contributed by atoms with Gasteiger partial charge in [-0.1, -0.05) is 35.0 Å². The molecule has 0 fully saturated rings. The highest BCUT2D eigenvalue weighted by Gasteiger charge is 2.25. The summed E-state index contributed by atoms with van der Waals surface area (Å²) in [6.07, 6.45) is 2.48. The Balaban J connectivity index is 2.07. The first-order chi connectivity index (χ1) is 11.2. The molecule has 1 aliphatic heterocycles. The van der Waals surface area contributed by atoms with Crippen molar-refractivity contribution in [2.24, 2.45) is 0 Å². The first-order valence-electron chi connectivity index (χ1n) is 6.53. The molecule has 10 heteroatoms. The summed E-state index contributed by atoms with van der Waals surface area (Å²) in [5.74, 6) is -0.451. The minimum Gasteiger partial charge on any atom is -0.457 e. The van der Waals surface area contributed by atoms with Gasteiger partial charge in [0.1, 0.15) is 11.6 Å². The predicted octanol–water partition coefficient (Wildman–Crippen LogP) is 3.58. The summed E-state index contributed by atoms with van der Waals surface area (Å²) in [5, 5.41) is 1.14. The number of halogens is 2. The van der Waals surface area contributed by atoms with Crippen LogP contribution >= 0.6 is 35.0 Å². The van der Waals surface area contributed by atoms with E-state index in [-0.39, 0.29) is 6.61 Å². The molecule has 0 bridgehead atoms. The molecule has 1 aromatic carbocycles. The second-order valence-electron chi connectivity index (χ2n) is 5.00. The molecule has 2 aromatic rings. The summed E-state index contributed by atoms with van der Waals surface area (Å²) in [5.41, 5.74) is 1.33. The van der Waals surface area contributed by atoms with Gasteiger partial charge < -0.3 is 4.74 Å². The van der Waals surface area contributed by atoms with Gasteiger partial charge in [0.15, 0.2) is 0 Å². The van der Waals surface area contributed by atoms with E-state index in [1.54, 1.807) is 12.1 Å². The third kappa shape index (κ3) is 3.77. The number of fused-ring (bicyclic) bond motifs is 1. The van der Waals surface area contributed by atoms with Gasteiger partial charge in [-0.3, -0.25) is 4.72 Å². The zero-order valence-corrected chi connectivity index (χ0v) is 15.3. The second kappa shape index (κ2) is 6.44. The number of nitrogens with zero attached hydrogens (tertiary/aromatic N) is 1. The lowest BCUT2D eigenvalue weighted by atomic mass is 10.1. The van der Waals surface area contributed by atoms with Crippen molar-refractivity contribution in [3.05, 3.63) is 45.6 Å². The van der Waals surface area contributed by atoms with Gasteiger partial charge in [0.05, 0.1) is 27.6 Å². The van der Waals surface area contributed by atoms with E-state index in [4.69, 9.17) is 27.9 Å². The predicted molar refractivity (Wildman–Crippen MR) is 92.4 cm³/mol. The molecular weight excluding hydrogens is 395 g/mol. The summed E-state index contributed by atoms with van der Waals surface area (Å²) < 4.78 is 30.6. The Morgan fingerprint density at radius 1 is 1.29 bits per heavy atom. The number of esters is 1. The van der Waals surface area contributed by atoms with Gasteiger partial charge in [-0.2, -0.15) is 0 Å². The molecule has 0 unspecified atom stereocenters. The average molecular weight is 405 g/mol. The van der Waals surface area contributed by atoms with Gasteiger partial charge >= 0.3 is 5.97 Å². The smallest absolute Gasteiger partial charge is 0.338 e. The number of cyclic esters (lactones) is 1. The first kappa shape index (κ1) is 17.3. The zero-order chi connectivity index (χ0) is 17.5. The number of hydrogen-bond acceptors (Lipinski definition) is 6. The highest BCUT2D eigenvalue weighted by Crippen LogP contribution is 2.39. The maximum atomic E-state index is 11.7. The molecule has 0 saturated heterocycles. The highest BCUT2D eigenvalue weighted by molar-refractivity contribution is 7.99. The fourth-order valence-corrected chi connectivity index (χ4v) is 4.10. The SMILES string of the molecule is CS(=O)(=O)Nc1cc2c(cc1Sc1ncc(Cl)cc1Cl)C(=O)OC2. The van der Waals surface area contributed by atoms with Gasteiger partial charge in [0, 0.05) is 16.7 Å². The maximum Gasteiger partial charge on any atom is 0.338 e. The minimum atomic E-state index is -3.50. The Bertz CT molecular complexity index is 948. The van der Waals surface area contributed by atoms with E-state index in [0.717, 1.165) is 18.0 Å². The Hall–Kier alpha value is -1.48. The largest absolute Gasteiger partial charge is 0.457 e. The van der Waals surface area contributed by atoms with E-state index in [1.165, 1.54) is 12.3 Å². The van der Waals surface area contributed by atoms with Crippen molar-refractivity contribution < 1.29 is 17.9 Å². The van der Waals surface area contributed by atoms with E-state index >= 15 is 0 Å². The molecule has 3 rings (SSSR count). The molecule has 24 heavy (non-hydrogen) atoms. The number of carbonyl (C=O) groups is 1. The second-order valence-corrected chi connectivity index (χ2v) is 8.62. The van der Waals surface area contributed by atoms with E-state index in [9.17, 15) is 13.2 Å². The van der Waals surface area contributed by atoms with Gasteiger partial charge in [-0.25, -0.2) is 18.2 Å². The molecule has 2 heterocycles. The molecule has 0 saturated carbocycles. The molecular formula is C14H10Cl2N2O4S2. The molecule has 6 nitrogen and oxygen atoms in total. The standard InChI is InChI=1S/C14H10Cl2N2O4S2/c1-24(20,21)18-11-2-7-6-22-14(19)9(7)4-12(11)23-13-10(16)3-8(15)5-17-13/h2-5,18H,6H2,1H3. The van der Waals surface area contributed by atoms with Gasteiger partial charge in [-0.05, 0) is 18.2 Å². The quantitative estimate of drug-likeness (QED) is 0.783. The van der Waals surface area contributed by atoms with Crippen LogP contribution in [0, 0.1) is 0 Å². The average Bonchev–Trinajstić information content (AvgIpc) is 2.81. The number of pyridine rings is 1. The number of nitrogens with one attached hydrogen (secondary N) is 1. The number of sulfonamides is 1. The van der Waals surface area contributed by atoms with Crippen molar-refractivity contribution in [2.75, 3.05) is 11.0 Å². The molecule has 126 valence electrons. The van der Waals surface area contributed by atoms with Gasteiger partial charge in [0.25, 0.3) is 0 Å². The van der Waals surface area contributed by atoms with Crippen LogP contribution in [0.1, 0.15) is 15.9 Å². The number of carbonyl (C=O) groups excluding carboxylic acids is 1. The lowest BCUT2D eigenvalue weighted by Crippen LogP contribution is -2.11. The summed E-state index contributed by atoms with van der Waals surface area (Å²) in [6.45, 7) is 0.109. The van der Waals surface area contributed by atoms with Crippen LogP contribution in [0.25, 0.3) is 0 Å². The van der Waals surface area contributed by atoms with Crippen molar-refractivity contribution in [3.8, 4) is 0 Å². The zero-order valence-electron chi connectivity index (χ0n) is 12.2. The van der Waals surface area contributed by atoms with Crippen LogP contribution in [-0.2, 0) is 21.4 Å². The van der Waals surface area contributed by atoms with E-state index in [2.05, 4.69) is 9.71 Å². The molecule has 1 aromatic heterocycles. The minimum absolute atomic E-state index is 0.109. The van der Waals surface area contributed by atoms with Crippen LogP contribution in [0.3, 0.4) is 0 Å². The Morgan fingerprint density at radius 3 is 2.71 bits per heavy atom. The van der Waals surface area contributed by atoms with Gasteiger partial charge in [-0.15, -0.1) is 0 Å². The molecule has 0 atom stereocenters. The fraction of sp³-hybridized carbons (Fsp3) is 0.143. The van der Waals surface area contributed by atoms with Crippen molar-refractivity contribution in [3.63, 3.8) is 0 Å². The Morgan fingerprint density at radius 2 is 2.04 bits per heavy atom. The molecule has 1 aliphatic rings. The lowest BCUT2D eigenvalue weighted by Gasteiger charge is -2.12. The van der Waals surface area contributed by atoms with Crippen LogP contribution in [0.2, 0.25) is 10.0 Å². The van der Waals surface area contributed by atoms with E-state index in [1.807, 2.05) is 0 Å². The van der Waals surface area contributed by atoms with Gasteiger partial charge in [0.2, 0.25) is 10.0 Å². The molecule has 0 spiro atoms. The summed E-state index contributed by atoms with van der Waals surface area (Å²) >= 11 is 13.1. The highest BCUT2D eigenvalue weighted by atomic mass is 35.5. The van der Waals surface area contributed by atoms with Crippen LogP contribution in [0.5, 0.6) is 0 Å². The van der Waals surface area contributed by atoms with E-state index < -0.39 is 16.0 Å². The molecule has 0 aliphatic carbocycles. The third-order valence-electron chi connectivity index (χ3n) is 3.06. The lowest BCUT2D eigenvalue weighted by molar-refractivity contribution is 0.0535. The van der Waals surface area contributed by atoms with Crippen molar-refractivity contribution in [2.45, 2.75) is 16.5 Å². The Labute approximate surface area is 152 Å². The van der Waals surface area contributed by atoms with Crippen molar-refractivity contribution in [1.29, 1.82) is 0 Å². The maximum absolute atomic E-state index is 11.7. The number of aromatic nitrogens is 1. The molecule has 0 amide bonds. The van der Waals surface area contributed by atoms with E-state index in [0.29, 0.717) is 36.8 Å². The normalized spacial score (nSPS) is 13.5. The van der Waals surface area contributed by atoms with Crippen molar-refractivity contribution >= 4 is 56.6 Å². The van der Waals surface area contributed by atoms with Crippen molar-refractivity contribution in [1.82, 2.24) is 4.98 Å². The number of anilines is 1. The number of ether oxygens (including phenoxy) is 1. The number of rotatable bonds is 4. The van der Waals surface area contributed by atoms with Crippen LogP contribution in [0.4, 0.5) is 5.69 Å². The summed E-state index contributed by atoms with van der Waals surface area (Å²) in [6, 6.07) is 4.67. The topological polar surface area (TPSA) is 85.4 Å². The fourth-order valence-electron chi connectivity index (χ4n) is 2.10. The summed E-state index contributed by atoms with van der Waals surface area (Å²) in [4.78, 5) is 16.4. The molecule has 0 radical (unpaired) electrons. The number of benzene rings is 1. The summed E-state index contributed by atoms with van der Waals surface area (Å²) in [7, 11) is -3.50.